The summed E-state index contributed by atoms with van der Waals surface area (Å²) in [6.45, 7) is 0. The first-order chi connectivity index (χ1) is 14.5. The van der Waals surface area contributed by atoms with Crippen molar-refractivity contribution in [1.82, 2.24) is 23.7 Å². The van der Waals surface area contributed by atoms with Crippen LogP contribution in [0.1, 0.15) is 43.8 Å². The van der Waals surface area contributed by atoms with E-state index in [0.717, 1.165) is 46.6 Å². The second-order valence-electron chi connectivity index (χ2n) is 8.16. The summed E-state index contributed by atoms with van der Waals surface area (Å²) in [4.78, 5) is 13.1. The van der Waals surface area contributed by atoms with E-state index in [1.807, 2.05) is 30.6 Å². The molecule has 0 atom stereocenters. The summed E-state index contributed by atoms with van der Waals surface area (Å²) in [6, 6.07) is 9.02. The lowest BCUT2D eigenvalue weighted by Crippen LogP contribution is -2.22. The molecule has 8 heteroatoms. The zero-order valence-corrected chi connectivity index (χ0v) is 18.0. The summed E-state index contributed by atoms with van der Waals surface area (Å²) in [7, 11) is -0.384. The van der Waals surface area contributed by atoms with Crippen LogP contribution < -0.4 is 0 Å². The van der Waals surface area contributed by atoms with Crippen LogP contribution in [0.25, 0.3) is 27.9 Å². The Labute approximate surface area is 175 Å². The summed E-state index contributed by atoms with van der Waals surface area (Å²) in [5.41, 5.74) is 4.56. The molecule has 3 heterocycles. The van der Waals surface area contributed by atoms with Gasteiger partial charge in [-0.25, -0.2) is 22.7 Å². The molecule has 7 nitrogen and oxygen atoms in total. The number of hydrogen-bond acceptors (Lipinski definition) is 4. The third-order valence-corrected chi connectivity index (χ3v) is 7.91. The number of rotatable bonds is 4. The van der Waals surface area contributed by atoms with Gasteiger partial charge in [-0.3, -0.25) is 4.40 Å². The summed E-state index contributed by atoms with van der Waals surface area (Å²) < 4.78 is 28.3. The highest BCUT2D eigenvalue weighted by molar-refractivity contribution is 7.89. The van der Waals surface area contributed by atoms with E-state index in [0.29, 0.717) is 5.92 Å². The highest BCUT2D eigenvalue weighted by Gasteiger charge is 2.25. The second kappa shape index (κ2) is 7.21. The zero-order valence-electron chi connectivity index (χ0n) is 17.2. The maximum absolute atomic E-state index is 12.4. The molecule has 0 aliphatic heterocycles. The van der Waals surface area contributed by atoms with Crippen LogP contribution in [0, 0.1) is 0 Å². The number of nitrogens with zero attached hydrogens (tertiary/aromatic N) is 4. The zero-order chi connectivity index (χ0) is 20.9. The molecule has 0 bridgehead atoms. The predicted octanol–water partition coefficient (Wildman–Crippen LogP) is 4.18. The molecule has 1 fully saturated rings. The van der Waals surface area contributed by atoms with Crippen LogP contribution in [-0.4, -0.2) is 46.2 Å². The van der Waals surface area contributed by atoms with Gasteiger partial charge in [0.05, 0.1) is 27.8 Å². The number of benzene rings is 1. The van der Waals surface area contributed by atoms with Gasteiger partial charge in [-0.05, 0) is 31.0 Å². The van der Waals surface area contributed by atoms with Gasteiger partial charge in [0.1, 0.15) is 5.82 Å². The van der Waals surface area contributed by atoms with Crippen molar-refractivity contribution in [3.63, 3.8) is 0 Å². The van der Waals surface area contributed by atoms with Gasteiger partial charge in [-0.1, -0.05) is 31.4 Å². The Kier molecular flexibility index (Phi) is 4.63. The first-order valence-electron chi connectivity index (χ1n) is 10.3. The fourth-order valence-corrected chi connectivity index (χ4v) is 5.33. The van der Waals surface area contributed by atoms with Gasteiger partial charge in [0, 0.05) is 31.8 Å². The van der Waals surface area contributed by atoms with Crippen LogP contribution in [0.3, 0.4) is 0 Å². The van der Waals surface area contributed by atoms with Crippen molar-refractivity contribution in [2.45, 2.75) is 42.9 Å². The maximum atomic E-state index is 12.4. The summed E-state index contributed by atoms with van der Waals surface area (Å²) in [5.74, 6) is 1.51. The minimum atomic E-state index is -3.46. The number of hydrogen-bond donors (Lipinski definition) is 1. The predicted molar refractivity (Wildman–Crippen MR) is 117 cm³/mol. The molecule has 3 aromatic heterocycles. The Balaban J connectivity index is 1.68. The lowest BCUT2D eigenvalue weighted by Gasteiger charge is -2.20. The topological polar surface area (TPSA) is 83.4 Å². The van der Waals surface area contributed by atoms with Crippen molar-refractivity contribution in [1.29, 1.82) is 0 Å². The van der Waals surface area contributed by atoms with E-state index in [9.17, 15) is 8.42 Å². The number of aromatic nitrogens is 4. The number of nitrogens with one attached hydrogen (secondary N) is 1. The number of H-pyrrole nitrogens is 1. The Morgan fingerprint density at radius 2 is 1.77 bits per heavy atom. The first-order valence-corrected chi connectivity index (χ1v) is 11.8. The van der Waals surface area contributed by atoms with E-state index in [1.54, 1.807) is 12.1 Å². The van der Waals surface area contributed by atoms with E-state index in [-0.39, 0.29) is 4.90 Å². The Morgan fingerprint density at radius 3 is 2.47 bits per heavy atom. The van der Waals surface area contributed by atoms with Crippen LogP contribution in [-0.2, 0) is 10.0 Å². The molecule has 0 unspecified atom stereocenters. The normalized spacial score (nSPS) is 16.1. The first kappa shape index (κ1) is 19.3. The number of imidazole rings is 1. The van der Waals surface area contributed by atoms with Crippen molar-refractivity contribution in [2.75, 3.05) is 14.1 Å². The third-order valence-electron chi connectivity index (χ3n) is 6.08. The molecule has 1 aliphatic carbocycles. The molecule has 30 heavy (non-hydrogen) atoms. The van der Waals surface area contributed by atoms with Crippen LogP contribution in [0.15, 0.2) is 47.6 Å². The van der Waals surface area contributed by atoms with E-state index in [4.69, 9.17) is 4.98 Å². The monoisotopic (exact) mass is 423 g/mol. The van der Waals surface area contributed by atoms with Crippen molar-refractivity contribution < 1.29 is 8.42 Å². The summed E-state index contributed by atoms with van der Waals surface area (Å²) in [5, 5.41) is 0. The summed E-state index contributed by atoms with van der Waals surface area (Å²) in [6.07, 6.45) is 9.80. The molecule has 1 aromatic carbocycles. The molecule has 4 aromatic rings. The lowest BCUT2D eigenvalue weighted by molar-refractivity contribution is 0.429. The molecule has 1 aliphatic rings. The maximum Gasteiger partial charge on any atom is 0.242 e. The lowest BCUT2D eigenvalue weighted by atomic mass is 9.89. The van der Waals surface area contributed by atoms with Gasteiger partial charge in [0.25, 0.3) is 0 Å². The highest BCUT2D eigenvalue weighted by Crippen LogP contribution is 2.37. The van der Waals surface area contributed by atoms with E-state index in [2.05, 4.69) is 14.4 Å². The molecule has 0 saturated heterocycles. The van der Waals surface area contributed by atoms with Gasteiger partial charge in [0.15, 0.2) is 5.65 Å². The molecule has 0 amide bonds. The highest BCUT2D eigenvalue weighted by atomic mass is 32.2. The number of aromatic amines is 1. The molecule has 156 valence electrons. The van der Waals surface area contributed by atoms with E-state index in [1.165, 1.54) is 37.7 Å². The van der Waals surface area contributed by atoms with Gasteiger partial charge in [-0.15, -0.1) is 0 Å². The fourth-order valence-electron chi connectivity index (χ4n) is 4.43. The summed E-state index contributed by atoms with van der Waals surface area (Å²) >= 11 is 0. The Hall–Kier alpha value is -2.71. The van der Waals surface area contributed by atoms with E-state index < -0.39 is 10.0 Å². The standard InChI is InChI=1S/C22H25N5O2S/c1-26(2)30(28,29)17-10-8-15(9-11-17)20-19-14-24-21-18(12-13-23-21)27(19)22(25-20)16-6-4-3-5-7-16/h8-14,16,23H,3-7H2,1-2H3. The SMILES string of the molecule is CN(C)S(=O)(=O)c1ccc(-c2nc(C3CCCCC3)n3c2cnc2[nH]ccc23)cc1. The average molecular weight is 424 g/mol. The molecule has 1 saturated carbocycles. The second-order valence-corrected chi connectivity index (χ2v) is 10.3. The molecule has 0 spiro atoms. The van der Waals surface area contributed by atoms with Crippen LogP contribution in [0.2, 0.25) is 0 Å². The van der Waals surface area contributed by atoms with Crippen LogP contribution >= 0.6 is 0 Å². The van der Waals surface area contributed by atoms with Gasteiger partial charge in [0.2, 0.25) is 10.0 Å². The Bertz CT molecular complexity index is 1310. The smallest absolute Gasteiger partial charge is 0.242 e. The van der Waals surface area contributed by atoms with Crippen LogP contribution in [0.5, 0.6) is 0 Å². The Morgan fingerprint density at radius 1 is 1.03 bits per heavy atom. The molecule has 0 radical (unpaired) electrons. The van der Waals surface area contributed by atoms with Crippen molar-refractivity contribution in [3.8, 4) is 11.3 Å². The fraction of sp³-hybridized carbons (Fsp3) is 0.364. The minimum absolute atomic E-state index is 0.276. The average Bonchev–Trinajstić information content (AvgIpc) is 3.38. The number of fused-ring (bicyclic) bond motifs is 3. The quantitative estimate of drug-likeness (QED) is 0.534. The molecular weight excluding hydrogens is 398 g/mol. The molecule has 5 rings (SSSR count). The van der Waals surface area contributed by atoms with E-state index >= 15 is 0 Å². The minimum Gasteiger partial charge on any atom is -0.345 e. The third kappa shape index (κ3) is 3.02. The van der Waals surface area contributed by atoms with Crippen molar-refractivity contribution in [3.05, 3.63) is 48.5 Å². The largest absolute Gasteiger partial charge is 0.345 e. The number of sulfonamides is 1. The van der Waals surface area contributed by atoms with Gasteiger partial charge < -0.3 is 4.98 Å². The van der Waals surface area contributed by atoms with Gasteiger partial charge >= 0.3 is 0 Å². The van der Waals surface area contributed by atoms with Crippen molar-refractivity contribution in [2.24, 2.45) is 0 Å². The molecule has 1 N–H and O–H groups in total. The van der Waals surface area contributed by atoms with Crippen LogP contribution in [0.4, 0.5) is 0 Å². The van der Waals surface area contributed by atoms with Crippen molar-refractivity contribution >= 4 is 26.7 Å². The molecular formula is C22H25N5O2S. The van der Waals surface area contributed by atoms with Gasteiger partial charge in [-0.2, -0.15) is 0 Å².